The highest BCUT2D eigenvalue weighted by molar-refractivity contribution is 6.04. The van der Waals surface area contributed by atoms with E-state index in [-0.39, 0.29) is 17.4 Å². The smallest absolute Gasteiger partial charge is 0.277 e. The molecule has 1 fully saturated rings. The summed E-state index contributed by atoms with van der Waals surface area (Å²) < 4.78 is 43.0. The summed E-state index contributed by atoms with van der Waals surface area (Å²) in [5, 5.41) is 6.85. The summed E-state index contributed by atoms with van der Waals surface area (Å²) in [6.07, 6.45) is 1.93. The molecule has 1 saturated carbocycles. The van der Waals surface area contributed by atoms with E-state index in [1.807, 2.05) is 0 Å². The first kappa shape index (κ1) is 19.3. The van der Waals surface area contributed by atoms with Crippen molar-refractivity contribution in [2.75, 3.05) is 5.32 Å². The van der Waals surface area contributed by atoms with E-state index in [4.69, 9.17) is 0 Å². The molecule has 1 amide bonds. The van der Waals surface area contributed by atoms with Crippen LogP contribution in [-0.2, 0) is 6.54 Å². The SMILES string of the molecule is O=C(Nc1c(-c2ccc(F)cc2)nc(C2CC2)n1CC(F)F)c1cnc2cccnn12. The van der Waals surface area contributed by atoms with Gasteiger partial charge in [0, 0.05) is 17.7 Å². The average molecular weight is 426 g/mol. The Balaban J connectivity index is 1.61. The van der Waals surface area contributed by atoms with Crippen LogP contribution in [0.25, 0.3) is 16.9 Å². The molecular weight excluding hydrogens is 409 g/mol. The lowest BCUT2D eigenvalue weighted by atomic mass is 10.1. The second-order valence-electron chi connectivity index (χ2n) is 7.34. The van der Waals surface area contributed by atoms with Crippen molar-refractivity contribution in [2.45, 2.75) is 31.7 Å². The fourth-order valence-electron chi connectivity index (χ4n) is 3.54. The van der Waals surface area contributed by atoms with Gasteiger partial charge in [-0.2, -0.15) is 5.10 Å². The van der Waals surface area contributed by atoms with E-state index in [1.165, 1.54) is 45.7 Å². The van der Waals surface area contributed by atoms with E-state index < -0.39 is 24.7 Å². The molecular formula is C21H17F3N6O. The van der Waals surface area contributed by atoms with Gasteiger partial charge >= 0.3 is 0 Å². The van der Waals surface area contributed by atoms with Gasteiger partial charge in [0.25, 0.3) is 12.3 Å². The number of nitrogens with zero attached hydrogens (tertiary/aromatic N) is 5. The lowest BCUT2D eigenvalue weighted by Crippen LogP contribution is -2.20. The van der Waals surface area contributed by atoms with Gasteiger partial charge in [-0.05, 0) is 49.2 Å². The minimum atomic E-state index is -2.64. The molecule has 158 valence electrons. The summed E-state index contributed by atoms with van der Waals surface area (Å²) in [6.45, 7) is -0.610. The number of nitrogens with one attached hydrogen (secondary N) is 1. The Hall–Kier alpha value is -3.69. The Morgan fingerprint density at radius 1 is 1.19 bits per heavy atom. The van der Waals surface area contributed by atoms with Crippen molar-refractivity contribution < 1.29 is 18.0 Å². The van der Waals surface area contributed by atoms with Gasteiger partial charge in [0.2, 0.25) is 0 Å². The van der Waals surface area contributed by atoms with Gasteiger partial charge in [0.15, 0.2) is 11.3 Å². The molecule has 10 heteroatoms. The summed E-state index contributed by atoms with van der Waals surface area (Å²) in [4.78, 5) is 21.8. The first-order valence-electron chi connectivity index (χ1n) is 9.76. The Kier molecular flexibility index (Phi) is 4.68. The first-order chi connectivity index (χ1) is 15.0. The summed E-state index contributed by atoms with van der Waals surface area (Å²) in [7, 11) is 0. The van der Waals surface area contributed by atoms with Crippen LogP contribution in [0.4, 0.5) is 19.0 Å². The fourth-order valence-corrected chi connectivity index (χ4v) is 3.54. The summed E-state index contributed by atoms with van der Waals surface area (Å²) in [6, 6.07) is 8.92. The number of alkyl halides is 2. The van der Waals surface area contributed by atoms with Gasteiger partial charge in [-0.15, -0.1) is 0 Å². The maximum absolute atomic E-state index is 13.4. The van der Waals surface area contributed by atoms with Crippen LogP contribution in [0.15, 0.2) is 48.8 Å². The van der Waals surface area contributed by atoms with Crippen molar-refractivity contribution in [2.24, 2.45) is 0 Å². The van der Waals surface area contributed by atoms with Crippen molar-refractivity contribution >= 4 is 17.4 Å². The number of hydrogen-bond donors (Lipinski definition) is 1. The molecule has 0 bridgehead atoms. The van der Waals surface area contributed by atoms with Gasteiger partial charge in [0.1, 0.15) is 23.2 Å². The number of hydrogen-bond acceptors (Lipinski definition) is 4. The van der Waals surface area contributed by atoms with Crippen LogP contribution < -0.4 is 5.32 Å². The normalized spacial score (nSPS) is 13.8. The number of rotatable bonds is 6. The number of carbonyl (C=O) groups is 1. The highest BCUT2D eigenvalue weighted by atomic mass is 19.3. The van der Waals surface area contributed by atoms with Crippen LogP contribution in [0, 0.1) is 5.82 Å². The summed E-state index contributed by atoms with van der Waals surface area (Å²) in [5.74, 6) is -0.301. The molecule has 31 heavy (non-hydrogen) atoms. The van der Waals surface area contributed by atoms with Crippen molar-refractivity contribution in [3.05, 3.63) is 66.1 Å². The third-order valence-electron chi connectivity index (χ3n) is 5.12. The van der Waals surface area contributed by atoms with Gasteiger partial charge in [-0.1, -0.05) is 0 Å². The number of carbonyl (C=O) groups excluding carboxylic acids is 1. The Morgan fingerprint density at radius 2 is 1.97 bits per heavy atom. The molecule has 0 radical (unpaired) electrons. The first-order valence-corrected chi connectivity index (χ1v) is 9.76. The second-order valence-corrected chi connectivity index (χ2v) is 7.34. The molecule has 1 aliphatic rings. The molecule has 0 atom stereocenters. The van der Waals surface area contributed by atoms with Crippen LogP contribution in [0.3, 0.4) is 0 Å². The third kappa shape index (κ3) is 3.65. The average Bonchev–Trinajstić information content (AvgIpc) is 3.41. The maximum atomic E-state index is 13.4. The molecule has 7 nitrogen and oxygen atoms in total. The number of amides is 1. The van der Waals surface area contributed by atoms with E-state index in [0.717, 1.165) is 12.8 Å². The summed E-state index contributed by atoms with van der Waals surface area (Å²) in [5.41, 5.74) is 1.46. The van der Waals surface area contributed by atoms with Crippen molar-refractivity contribution in [1.82, 2.24) is 24.1 Å². The molecule has 4 aromatic rings. The molecule has 0 saturated heterocycles. The molecule has 1 aliphatic carbocycles. The van der Waals surface area contributed by atoms with E-state index in [9.17, 15) is 18.0 Å². The number of halogens is 3. The molecule has 5 rings (SSSR count). The zero-order chi connectivity index (χ0) is 21.5. The zero-order valence-electron chi connectivity index (χ0n) is 16.2. The molecule has 1 aromatic carbocycles. The molecule has 3 aromatic heterocycles. The van der Waals surface area contributed by atoms with Gasteiger partial charge in [-0.3, -0.25) is 4.79 Å². The summed E-state index contributed by atoms with van der Waals surface area (Å²) >= 11 is 0. The standard InChI is InChI=1S/C21H17F3N6O/c22-14-7-5-12(6-8-14)18-20(29(11-16(23)24)19(27-18)13-3-4-13)28-21(31)15-10-25-17-2-1-9-26-30(15)17/h1-2,5-10,13,16H,3-4,11H2,(H,28,31). The van der Waals surface area contributed by atoms with Crippen molar-refractivity contribution in [3.63, 3.8) is 0 Å². The predicted octanol–water partition coefficient (Wildman–Crippen LogP) is 4.13. The lowest BCUT2D eigenvalue weighted by Gasteiger charge is -2.13. The Labute approximate surface area is 174 Å². The largest absolute Gasteiger partial charge is 0.308 e. The second kappa shape index (κ2) is 7.53. The van der Waals surface area contributed by atoms with E-state index in [0.29, 0.717) is 22.7 Å². The van der Waals surface area contributed by atoms with Crippen molar-refractivity contribution in [1.29, 1.82) is 0 Å². The maximum Gasteiger partial charge on any atom is 0.277 e. The van der Waals surface area contributed by atoms with Crippen LogP contribution in [0.5, 0.6) is 0 Å². The van der Waals surface area contributed by atoms with Gasteiger partial charge in [-0.25, -0.2) is 27.7 Å². The molecule has 0 unspecified atom stereocenters. The number of aromatic nitrogens is 5. The van der Waals surface area contributed by atoms with Crippen molar-refractivity contribution in [3.8, 4) is 11.3 Å². The Morgan fingerprint density at radius 3 is 2.68 bits per heavy atom. The van der Waals surface area contributed by atoms with E-state index in [2.05, 4.69) is 20.4 Å². The monoisotopic (exact) mass is 426 g/mol. The number of imidazole rings is 2. The molecule has 0 spiro atoms. The minimum absolute atomic E-state index is 0.0565. The number of anilines is 1. The highest BCUT2D eigenvalue weighted by Crippen LogP contribution is 2.43. The highest BCUT2D eigenvalue weighted by Gasteiger charge is 2.33. The molecule has 3 heterocycles. The zero-order valence-corrected chi connectivity index (χ0v) is 16.2. The third-order valence-corrected chi connectivity index (χ3v) is 5.12. The lowest BCUT2D eigenvalue weighted by molar-refractivity contribution is 0.101. The predicted molar refractivity (Wildman–Crippen MR) is 107 cm³/mol. The van der Waals surface area contributed by atoms with Crippen LogP contribution >= 0.6 is 0 Å². The van der Waals surface area contributed by atoms with Crippen LogP contribution in [0.2, 0.25) is 0 Å². The van der Waals surface area contributed by atoms with Gasteiger partial charge in [0.05, 0.1) is 12.7 Å². The topological polar surface area (TPSA) is 77.1 Å². The fraction of sp³-hybridized carbons (Fsp3) is 0.238. The van der Waals surface area contributed by atoms with E-state index in [1.54, 1.807) is 12.1 Å². The van der Waals surface area contributed by atoms with E-state index >= 15 is 0 Å². The minimum Gasteiger partial charge on any atom is -0.308 e. The quantitative estimate of drug-likeness (QED) is 0.503. The van der Waals surface area contributed by atoms with Gasteiger partial charge < -0.3 is 9.88 Å². The van der Waals surface area contributed by atoms with Crippen LogP contribution in [0.1, 0.15) is 35.1 Å². The number of benzene rings is 1. The number of fused-ring (bicyclic) bond motifs is 1. The van der Waals surface area contributed by atoms with Crippen LogP contribution in [-0.4, -0.2) is 36.5 Å². The molecule has 1 N–H and O–H groups in total. The molecule has 0 aliphatic heterocycles. The Bertz CT molecular complexity index is 1260.